The van der Waals surface area contributed by atoms with Gasteiger partial charge in [0.15, 0.2) is 0 Å². The van der Waals surface area contributed by atoms with Gasteiger partial charge < -0.3 is 16.0 Å². The fourth-order valence-electron chi connectivity index (χ4n) is 2.04. The molecule has 0 aromatic carbocycles. The van der Waals surface area contributed by atoms with Crippen LogP contribution < -0.4 is 11.1 Å². The van der Waals surface area contributed by atoms with Crippen molar-refractivity contribution in [3.05, 3.63) is 0 Å². The number of nitrogens with zero attached hydrogens (tertiary/aromatic N) is 1. The number of rotatable bonds is 5. The molecule has 0 spiro atoms. The van der Waals surface area contributed by atoms with Gasteiger partial charge in [0.25, 0.3) is 0 Å². The first-order valence-corrected chi connectivity index (χ1v) is 5.54. The second-order valence-electron chi connectivity index (χ2n) is 4.43. The zero-order valence-electron chi connectivity index (χ0n) is 8.34. The number of nitrogens with two attached hydrogens (primary N) is 1. The summed E-state index contributed by atoms with van der Waals surface area (Å²) in [7, 11) is 0. The van der Waals surface area contributed by atoms with Crippen molar-refractivity contribution in [1.82, 2.24) is 10.2 Å². The highest BCUT2D eigenvalue weighted by Gasteiger charge is 2.25. The van der Waals surface area contributed by atoms with Gasteiger partial charge in [-0.1, -0.05) is 0 Å². The van der Waals surface area contributed by atoms with Crippen LogP contribution in [-0.4, -0.2) is 43.7 Å². The molecule has 1 heterocycles. The predicted octanol–water partition coefficient (Wildman–Crippen LogP) is 0.0190. The van der Waals surface area contributed by atoms with Crippen molar-refractivity contribution >= 4 is 0 Å². The Kier molecular flexibility index (Phi) is 3.19. The molecule has 0 radical (unpaired) electrons. The first-order chi connectivity index (χ1) is 6.38. The number of nitrogens with one attached hydrogen (secondary N) is 1. The standard InChI is InChI=1S/C10H21N3/c11-4-6-13-5-3-10(8-13)12-7-9-1-2-9/h9-10,12H,1-8,11H2/t10-/m1/s1. The van der Waals surface area contributed by atoms with E-state index in [1.165, 1.54) is 38.9 Å². The van der Waals surface area contributed by atoms with Gasteiger partial charge in [-0.05, 0) is 38.3 Å². The Hall–Kier alpha value is -0.120. The average Bonchev–Trinajstić information content (AvgIpc) is 2.85. The van der Waals surface area contributed by atoms with E-state index in [0.29, 0.717) is 0 Å². The summed E-state index contributed by atoms with van der Waals surface area (Å²) in [4.78, 5) is 2.46. The van der Waals surface area contributed by atoms with Gasteiger partial charge in [0, 0.05) is 25.7 Å². The van der Waals surface area contributed by atoms with E-state index in [1.807, 2.05) is 0 Å². The molecule has 1 atom stereocenters. The Balaban J connectivity index is 1.59. The van der Waals surface area contributed by atoms with Crippen molar-refractivity contribution in [3.63, 3.8) is 0 Å². The third kappa shape index (κ3) is 2.93. The second kappa shape index (κ2) is 4.40. The van der Waals surface area contributed by atoms with E-state index in [1.54, 1.807) is 0 Å². The van der Waals surface area contributed by atoms with Crippen LogP contribution in [0.15, 0.2) is 0 Å². The second-order valence-corrected chi connectivity index (χ2v) is 4.43. The van der Waals surface area contributed by atoms with Crippen molar-refractivity contribution in [3.8, 4) is 0 Å². The number of likely N-dealkylation sites (tertiary alicyclic amines) is 1. The minimum Gasteiger partial charge on any atom is -0.329 e. The van der Waals surface area contributed by atoms with Gasteiger partial charge in [0.1, 0.15) is 0 Å². The van der Waals surface area contributed by atoms with Crippen LogP contribution in [0, 0.1) is 5.92 Å². The van der Waals surface area contributed by atoms with E-state index in [-0.39, 0.29) is 0 Å². The summed E-state index contributed by atoms with van der Waals surface area (Å²) in [5, 5.41) is 3.65. The third-order valence-electron chi connectivity index (χ3n) is 3.11. The molecule has 13 heavy (non-hydrogen) atoms. The highest BCUT2D eigenvalue weighted by atomic mass is 15.2. The van der Waals surface area contributed by atoms with Gasteiger partial charge in [-0.15, -0.1) is 0 Å². The smallest absolute Gasteiger partial charge is 0.0207 e. The minimum absolute atomic E-state index is 0.743. The topological polar surface area (TPSA) is 41.3 Å². The van der Waals surface area contributed by atoms with Crippen LogP contribution >= 0.6 is 0 Å². The Morgan fingerprint density at radius 1 is 1.31 bits per heavy atom. The summed E-state index contributed by atoms with van der Waals surface area (Å²) < 4.78 is 0. The lowest BCUT2D eigenvalue weighted by molar-refractivity contribution is 0.336. The zero-order valence-corrected chi connectivity index (χ0v) is 8.34. The Bertz CT molecular complexity index is 156. The number of hydrogen-bond acceptors (Lipinski definition) is 3. The largest absolute Gasteiger partial charge is 0.329 e. The molecule has 3 heteroatoms. The van der Waals surface area contributed by atoms with Crippen molar-refractivity contribution in [2.75, 3.05) is 32.7 Å². The van der Waals surface area contributed by atoms with E-state index >= 15 is 0 Å². The van der Waals surface area contributed by atoms with Crippen molar-refractivity contribution in [1.29, 1.82) is 0 Å². The van der Waals surface area contributed by atoms with Crippen LogP contribution in [0.2, 0.25) is 0 Å². The fourth-order valence-corrected chi connectivity index (χ4v) is 2.04. The third-order valence-corrected chi connectivity index (χ3v) is 3.11. The fraction of sp³-hybridized carbons (Fsp3) is 1.00. The number of hydrogen-bond donors (Lipinski definition) is 2. The molecular weight excluding hydrogens is 162 g/mol. The molecule has 0 aromatic rings. The van der Waals surface area contributed by atoms with Crippen LogP contribution in [-0.2, 0) is 0 Å². The van der Waals surface area contributed by atoms with Crippen LogP contribution in [0.25, 0.3) is 0 Å². The maximum Gasteiger partial charge on any atom is 0.0207 e. The lowest BCUT2D eigenvalue weighted by Crippen LogP contribution is -2.35. The molecular formula is C10H21N3. The monoisotopic (exact) mass is 183 g/mol. The Morgan fingerprint density at radius 3 is 2.85 bits per heavy atom. The Labute approximate surface area is 80.7 Å². The van der Waals surface area contributed by atoms with E-state index in [9.17, 15) is 0 Å². The molecule has 0 bridgehead atoms. The quantitative estimate of drug-likeness (QED) is 0.631. The molecule has 3 N–H and O–H groups in total. The minimum atomic E-state index is 0.743. The summed E-state index contributed by atoms with van der Waals surface area (Å²) in [5.74, 6) is 1.00. The van der Waals surface area contributed by atoms with Gasteiger partial charge >= 0.3 is 0 Å². The summed E-state index contributed by atoms with van der Waals surface area (Å²) in [6, 6.07) is 0.743. The molecule has 2 aliphatic rings. The summed E-state index contributed by atoms with van der Waals surface area (Å²) in [6.07, 6.45) is 4.21. The molecule has 1 aliphatic heterocycles. The Morgan fingerprint density at radius 2 is 2.15 bits per heavy atom. The van der Waals surface area contributed by atoms with E-state index in [4.69, 9.17) is 5.73 Å². The van der Waals surface area contributed by atoms with E-state index in [2.05, 4.69) is 10.2 Å². The SMILES string of the molecule is NCCN1CC[C@@H](NCC2CC2)C1. The van der Waals surface area contributed by atoms with Crippen molar-refractivity contribution < 1.29 is 0 Å². The van der Waals surface area contributed by atoms with Gasteiger partial charge in [0.2, 0.25) is 0 Å². The van der Waals surface area contributed by atoms with Crippen LogP contribution in [0.1, 0.15) is 19.3 Å². The van der Waals surface area contributed by atoms with Crippen molar-refractivity contribution in [2.45, 2.75) is 25.3 Å². The first kappa shape index (κ1) is 9.44. The average molecular weight is 183 g/mol. The molecule has 0 aromatic heterocycles. The normalized spacial score (nSPS) is 29.8. The zero-order chi connectivity index (χ0) is 9.10. The molecule has 76 valence electrons. The lowest BCUT2D eigenvalue weighted by Gasteiger charge is -2.15. The summed E-state index contributed by atoms with van der Waals surface area (Å²) in [5.41, 5.74) is 5.52. The molecule has 3 nitrogen and oxygen atoms in total. The van der Waals surface area contributed by atoms with Gasteiger partial charge in [-0.3, -0.25) is 0 Å². The molecule has 2 rings (SSSR count). The molecule has 0 amide bonds. The summed E-state index contributed by atoms with van der Waals surface area (Å²) >= 11 is 0. The van der Waals surface area contributed by atoms with Crippen LogP contribution in [0.5, 0.6) is 0 Å². The molecule has 1 saturated carbocycles. The van der Waals surface area contributed by atoms with Gasteiger partial charge in [-0.25, -0.2) is 0 Å². The molecule has 1 aliphatic carbocycles. The summed E-state index contributed by atoms with van der Waals surface area (Å²) in [6.45, 7) is 5.57. The lowest BCUT2D eigenvalue weighted by atomic mass is 10.2. The maximum atomic E-state index is 5.52. The van der Waals surface area contributed by atoms with Gasteiger partial charge in [0.05, 0.1) is 0 Å². The maximum absolute atomic E-state index is 5.52. The van der Waals surface area contributed by atoms with E-state index in [0.717, 1.165) is 25.0 Å². The molecule has 1 saturated heterocycles. The van der Waals surface area contributed by atoms with Crippen LogP contribution in [0.3, 0.4) is 0 Å². The molecule has 2 fully saturated rings. The first-order valence-electron chi connectivity index (χ1n) is 5.54. The molecule has 0 unspecified atom stereocenters. The highest BCUT2D eigenvalue weighted by molar-refractivity contribution is 4.84. The van der Waals surface area contributed by atoms with Gasteiger partial charge in [-0.2, -0.15) is 0 Å². The predicted molar refractivity (Wildman–Crippen MR) is 54.6 cm³/mol. The van der Waals surface area contributed by atoms with Crippen molar-refractivity contribution in [2.24, 2.45) is 11.7 Å². The van der Waals surface area contributed by atoms with E-state index < -0.39 is 0 Å². The van der Waals surface area contributed by atoms with Crippen LogP contribution in [0.4, 0.5) is 0 Å². The highest BCUT2D eigenvalue weighted by Crippen LogP contribution is 2.28.